The van der Waals surface area contributed by atoms with Crippen LogP contribution in [-0.4, -0.2) is 28.7 Å². The molecular formula is C22H24N4O2. The van der Waals surface area contributed by atoms with Crippen molar-refractivity contribution in [2.75, 3.05) is 18.0 Å². The number of fused-ring (bicyclic) bond motifs is 1. The highest BCUT2D eigenvalue weighted by Gasteiger charge is 2.43. The Balaban J connectivity index is 1.33. The first-order valence-electron chi connectivity index (χ1n) is 9.86. The molecule has 3 aromatic rings. The normalized spacial score (nSPS) is 20.6. The number of anilines is 1. The van der Waals surface area contributed by atoms with E-state index in [0.717, 1.165) is 56.2 Å². The molecule has 28 heavy (non-hydrogen) atoms. The number of ether oxygens (including phenoxy) is 1. The largest absolute Gasteiger partial charge is 0.487 e. The third-order valence-corrected chi connectivity index (χ3v) is 5.84. The Morgan fingerprint density at radius 3 is 2.68 bits per heavy atom. The van der Waals surface area contributed by atoms with Gasteiger partial charge in [-0.3, -0.25) is 0 Å². The second kappa shape index (κ2) is 7.28. The molecule has 2 aromatic heterocycles. The summed E-state index contributed by atoms with van der Waals surface area (Å²) in [6, 6.07) is 12.5. The van der Waals surface area contributed by atoms with Gasteiger partial charge in [0.1, 0.15) is 11.4 Å². The summed E-state index contributed by atoms with van der Waals surface area (Å²) in [5, 5.41) is 3.72. The molecule has 5 rings (SSSR count). The summed E-state index contributed by atoms with van der Waals surface area (Å²) in [4.78, 5) is 11.0. The molecule has 144 valence electrons. The van der Waals surface area contributed by atoms with Crippen LogP contribution in [0.15, 0.2) is 65.7 Å². The van der Waals surface area contributed by atoms with E-state index in [-0.39, 0.29) is 11.6 Å². The van der Waals surface area contributed by atoms with E-state index in [0.29, 0.717) is 0 Å². The standard InChI is InChI=1S/C22H24N4O2/c1-2-5-20-18(4-1)19(25-15-17-6-13-27-16-17)14-22(28-20)7-11-26(12-8-22)21-23-9-3-10-24-21/h1-6,9-10,13,16,19,25H,7-8,11-12,14-15H2. The van der Waals surface area contributed by atoms with Crippen LogP contribution >= 0.6 is 0 Å². The fraction of sp³-hybridized carbons (Fsp3) is 0.364. The molecule has 0 radical (unpaired) electrons. The van der Waals surface area contributed by atoms with Gasteiger partial charge in [-0.05, 0) is 18.2 Å². The summed E-state index contributed by atoms with van der Waals surface area (Å²) in [6.45, 7) is 2.59. The predicted molar refractivity (Wildman–Crippen MR) is 106 cm³/mol. The molecule has 2 aliphatic rings. The maximum Gasteiger partial charge on any atom is 0.225 e. The molecule has 1 aromatic carbocycles. The van der Waals surface area contributed by atoms with Crippen molar-refractivity contribution in [1.82, 2.24) is 15.3 Å². The molecule has 1 spiro atoms. The molecule has 1 unspecified atom stereocenters. The summed E-state index contributed by atoms with van der Waals surface area (Å²) >= 11 is 0. The van der Waals surface area contributed by atoms with Crippen molar-refractivity contribution in [3.63, 3.8) is 0 Å². The van der Waals surface area contributed by atoms with E-state index in [1.807, 2.05) is 12.1 Å². The Labute approximate surface area is 164 Å². The maximum absolute atomic E-state index is 6.59. The third-order valence-electron chi connectivity index (χ3n) is 5.84. The highest BCUT2D eigenvalue weighted by molar-refractivity contribution is 5.40. The lowest BCUT2D eigenvalue weighted by Gasteiger charge is -2.47. The number of para-hydroxylation sites is 1. The van der Waals surface area contributed by atoms with E-state index in [1.54, 1.807) is 24.9 Å². The zero-order valence-electron chi connectivity index (χ0n) is 15.8. The average molecular weight is 376 g/mol. The van der Waals surface area contributed by atoms with E-state index in [9.17, 15) is 0 Å². The SMILES string of the molecule is c1cnc(N2CCC3(CC2)CC(NCc2ccoc2)c2ccccc2O3)nc1. The molecule has 0 saturated carbocycles. The van der Waals surface area contributed by atoms with Crippen LogP contribution < -0.4 is 15.0 Å². The number of rotatable bonds is 4. The van der Waals surface area contributed by atoms with Crippen molar-refractivity contribution < 1.29 is 9.15 Å². The number of hydrogen-bond donors (Lipinski definition) is 1. The fourth-order valence-electron chi connectivity index (χ4n) is 4.31. The minimum atomic E-state index is -0.145. The van der Waals surface area contributed by atoms with E-state index in [1.165, 1.54) is 5.56 Å². The lowest BCUT2D eigenvalue weighted by Crippen LogP contribution is -2.52. The van der Waals surface area contributed by atoms with E-state index in [2.05, 4.69) is 44.5 Å². The first kappa shape index (κ1) is 17.3. The highest BCUT2D eigenvalue weighted by atomic mass is 16.5. The quantitative estimate of drug-likeness (QED) is 0.749. The zero-order valence-corrected chi connectivity index (χ0v) is 15.8. The van der Waals surface area contributed by atoms with Gasteiger partial charge in [-0.15, -0.1) is 0 Å². The van der Waals surface area contributed by atoms with Gasteiger partial charge in [0.05, 0.1) is 12.5 Å². The molecule has 2 aliphatic heterocycles. The lowest BCUT2D eigenvalue weighted by atomic mass is 9.80. The zero-order chi connectivity index (χ0) is 18.8. The van der Waals surface area contributed by atoms with Gasteiger partial charge >= 0.3 is 0 Å². The number of nitrogens with one attached hydrogen (secondary N) is 1. The molecule has 6 nitrogen and oxygen atoms in total. The Morgan fingerprint density at radius 2 is 1.89 bits per heavy atom. The van der Waals surface area contributed by atoms with Crippen LogP contribution in [0.4, 0.5) is 5.95 Å². The number of aromatic nitrogens is 2. The van der Waals surface area contributed by atoms with Gasteiger partial charge in [0.25, 0.3) is 0 Å². The van der Waals surface area contributed by atoms with Crippen LogP contribution in [0.5, 0.6) is 5.75 Å². The van der Waals surface area contributed by atoms with Crippen molar-refractivity contribution in [3.8, 4) is 5.75 Å². The number of furan rings is 1. The molecule has 0 aliphatic carbocycles. The summed E-state index contributed by atoms with van der Waals surface area (Å²) in [7, 11) is 0. The van der Waals surface area contributed by atoms with Crippen molar-refractivity contribution in [2.45, 2.75) is 37.5 Å². The Bertz CT molecular complexity index is 905. The molecule has 1 saturated heterocycles. The Kier molecular flexibility index (Phi) is 4.49. The summed E-state index contributed by atoms with van der Waals surface area (Å²) in [5.74, 6) is 1.81. The predicted octanol–water partition coefficient (Wildman–Crippen LogP) is 3.72. The van der Waals surface area contributed by atoms with Crippen molar-refractivity contribution in [2.24, 2.45) is 0 Å². The molecule has 4 heterocycles. The van der Waals surface area contributed by atoms with Crippen LogP contribution in [-0.2, 0) is 6.54 Å². The van der Waals surface area contributed by atoms with Crippen molar-refractivity contribution in [1.29, 1.82) is 0 Å². The van der Waals surface area contributed by atoms with Crippen LogP contribution in [0.3, 0.4) is 0 Å². The number of piperidine rings is 1. The second-order valence-electron chi connectivity index (χ2n) is 7.63. The molecule has 0 amide bonds. The van der Waals surface area contributed by atoms with Gasteiger partial charge in [-0.2, -0.15) is 0 Å². The number of hydrogen-bond acceptors (Lipinski definition) is 6. The first-order chi connectivity index (χ1) is 13.8. The topological polar surface area (TPSA) is 63.4 Å². The van der Waals surface area contributed by atoms with E-state index in [4.69, 9.17) is 9.15 Å². The van der Waals surface area contributed by atoms with Crippen molar-refractivity contribution >= 4 is 5.95 Å². The minimum absolute atomic E-state index is 0.145. The Hall–Kier alpha value is -2.86. The van der Waals surface area contributed by atoms with E-state index < -0.39 is 0 Å². The summed E-state index contributed by atoms with van der Waals surface area (Å²) in [5.41, 5.74) is 2.26. The van der Waals surface area contributed by atoms with Gasteiger partial charge in [0, 0.05) is 68.5 Å². The van der Waals surface area contributed by atoms with Crippen LogP contribution in [0.2, 0.25) is 0 Å². The molecule has 0 bridgehead atoms. The van der Waals surface area contributed by atoms with Gasteiger partial charge < -0.3 is 19.4 Å². The van der Waals surface area contributed by atoms with Gasteiger partial charge in [0.2, 0.25) is 5.95 Å². The van der Waals surface area contributed by atoms with Crippen LogP contribution in [0.25, 0.3) is 0 Å². The van der Waals surface area contributed by atoms with Crippen molar-refractivity contribution in [3.05, 3.63) is 72.4 Å². The lowest BCUT2D eigenvalue weighted by molar-refractivity contribution is 0.00782. The van der Waals surface area contributed by atoms with Crippen LogP contribution in [0, 0.1) is 0 Å². The summed E-state index contributed by atoms with van der Waals surface area (Å²) in [6.07, 6.45) is 10.0. The van der Waals surface area contributed by atoms with Crippen LogP contribution in [0.1, 0.15) is 36.4 Å². The molecule has 1 N–H and O–H groups in total. The fourth-order valence-corrected chi connectivity index (χ4v) is 4.31. The molecule has 6 heteroatoms. The molecule has 1 atom stereocenters. The maximum atomic E-state index is 6.59. The highest BCUT2D eigenvalue weighted by Crippen LogP contribution is 2.44. The number of nitrogens with zero attached hydrogens (tertiary/aromatic N) is 3. The van der Waals surface area contributed by atoms with Gasteiger partial charge in [-0.25, -0.2) is 9.97 Å². The number of benzene rings is 1. The average Bonchev–Trinajstić information content (AvgIpc) is 3.27. The third kappa shape index (κ3) is 3.36. The van der Waals surface area contributed by atoms with E-state index >= 15 is 0 Å². The first-order valence-corrected chi connectivity index (χ1v) is 9.86. The molecule has 1 fully saturated rings. The second-order valence-corrected chi connectivity index (χ2v) is 7.63. The smallest absolute Gasteiger partial charge is 0.225 e. The van der Waals surface area contributed by atoms with Gasteiger partial charge in [-0.1, -0.05) is 18.2 Å². The molecular weight excluding hydrogens is 352 g/mol. The van der Waals surface area contributed by atoms with Gasteiger partial charge in [0.15, 0.2) is 0 Å². The monoisotopic (exact) mass is 376 g/mol. The Morgan fingerprint density at radius 1 is 1.07 bits per heavy atom. The minimum Gasteiger partial charge on any atom is -0.487 e. The summed E-state index contributed by atoms with van der Waals surface area (Å²) < 4.78 is 11.8.